The summed E-state index contributed by atoms with van der Waals surface area (Å²) in [6.07, 6.45) is 1.06. The molecule has 0 amide bonds. The van der Waals surface area contributed by atoms with Crippen LogP contribution in [0, 0.1) is 0 Å². The molecule has 0 bridgehead atoms. The van der Waals surface area contributed by atoms with E-state index in [0.29, 0.717) is 17.6 Å². The summed E-state index contributed by atoms with van der Waals surface area (Å²) >= 11 is 0. The number of sulfonamides is 2. The Labute approximate surface area is 203 Å². The highest BCUT2D eigenvalue weighted by molar-refractivity contribution is 7.91. The number of hydrogen-bond acceptors (Lipinski definition) is 5. The molecule has 0 aromatic heterocycles. The number of nitrogens with two attached hydrogens (primary N) is 1. The van der Waals surface area contributed by atoms with E-state index in [1.807, 2.05) is 12.1 Å². The van der Waals surface area contributed by atoms with Gasteiger partial charge in [0.15, 0.2) is 11.4 Å². The van der Waals surface area contributed by atoms with Gasteiger partial charge in [-0.3, -0.25) is 0 Å². The lowest BCUT2D eigenvalue weighted by Gasteiger charge is -2.34. The van der Waals surface area contributed by atoms with E-state index in [9.17, 15) is 30.0 Å². The van der Waals surface area contributed by atoms with E-state index in [1.54, 1.807) is 36.4 Å². The standard InChI is InChI=1S/C23H27F3N3O4S2/c1-34(30,31)28-12-11-18-7-9-20(10-8-18)21-5-2-6-22(14-21)29(13-3-4-19(15-27)16-29)35(32,33)17-23(24,25)26/h2-10,14,16,28H,11-13,15,17,27H2,1H3/q+1. The zero-order chi connectivity index (χ0) is 25.9. The molecule has 7 nitrogen and oxygen atoms in total. The van der Waals surface area contributed by atoms with E-state index in [2.05, 4.69) is 4.72 Å². The molecular weight excluding hydrogens is 503 g/mol. The molecule has 12 heteroatoms. The first-order valence-corrected chi connectivity index (χ1v) is 14.1. The predicted molar refractivity (Wildman–Crippen MR) is 131 cm³/mol. The first-order chi connectivity index (χ1) is 16.2. The first kappa shape index (κ1) is 27.1. The summed E-state index contributed by atoms with van der Waals surface area (Å²) in [6, 6.07) is 13.6. The van der Waals surface area contributed by atoms with Gasteiger partial charge in [-0.15, -0.1) is 0 Å². The third kappa shape index (κ3) is 6.79. The Balaban J connectivity index is 1.98. The van der Waals surface area contributed by atoms with Crippen molar-refractivity contribution in [3.8, 4) is 11.1 Å². The molecular formula is C23H27F3N3O4S2+. The highest BCUT2D eigenvalue weighted by atomic mass is 32.2. The Hall–Kier alpha value is -2.51. The fourth-order valence-electron chi connectivity index (χ4n) is 3.87. The maximum Gasteiger partial charge on any atom is 0.408 e. The molecule has 1 aliphatic heterocycles. The van der Waals surface area contributed by atoms with Crippen molar-refractivity contribution in [3.05, 3.63) is 78.0 Å². The molecule has 0 spiro atoms. The van der Waals surface area contributed by atoms with Crippen LogP contribution in [0.4, 0.5) is 18.9 Å². The average Bonchev–Trinajstić information content (AvgIpc) is 2.77. The summed E-state index contributed by atoms with van der Waals surface area (Å²) in [5.74, 6) is -1.97. The second kappa shape index (κ2) is 10.2. The van der Waals surface area contributed by atoms with E-state index in [1.165, 1.54) is 18.3 Å². The minimum atomic E-state index is -4.90. The van der Waals surface area contributed by atoms with Gasteiger partial charge in [0.2, 0.25) is 10.0 Å². The number of nitrogens with one attached hydrogen (secondary N) is 1. The predicted octanol–water partition coefficient (Wildman–Crippen LogP) is 3.06. The molecule has 0 fully saturated rings. The van der Waals surface area contributed by atoms with Crippen LogP contribution in [0.15, 0.2) is 72.5 Å². The lowest BCUT2D eigenvalue weighted by atomic mass is 10.0. The van der Waals surface area contributed by atoms with Crippen LogP contribution < -0.4 is 14.3 Å². The summed E-state index contributed by atoms with van der Waals surface area (Å²) in [4.78, 5) is 0. The quantitative estimate of drug-likeness (QED) is 0.485. The van der Waals surface area contributed by atoms with Crippen LogP contribution in [0.1, 0.15) is 5.56 Å². The third-order valence-electron chi connectivity index (χ3n) is 5.51. The van der Waals surface area contributed by atoms with Crippen molar-refractivity contribution in [2.45, 2.75) is 12.6 Å². The number of hydrogen-bond donors (Lipinski definition) is 2. The van der Waals surface area contributed by atoms with E-state index < -0.39 is 35.9 Å². The van der Waals surface area contributed by atoms with Gasteiger partial charge in [-0.05, 0) is 29.2 Å². The molecule has 0 saturated carbocycles. The van der Waals surface area contributed by atoms with Crippen molar-refractivity contribution in [2.75, 3.05) is 31.6 Å². The summed E-state index contributed by atoms with van der Waals surface area (Å²) in [5.41, 5.74) is 8.51. The normalized spacial score (nSPS) is 18.9. The smallest absolute Gasteiger partial charge is 0.326 e. The zero-order valence-corrected chi connectivity index (χ0v) is 20.6. The second-order valence-electron chi connectivity index (χ2n) is 8.29. The molecule has 1 aliphatic rings. The fraction of sp³-hybridized carbons (Fsp3) is 0.304. The molecule has 2 aromatic carbocycles. The number of nitrogens with zero attached hydrogens (tertiary/aromatic N) is 1. The molecule has 3 N–H and O–H groups in total. The van der Waals surface area contributed by atoms with Crippen LogP contribution >= 0.6 is 0 Å². The van der Waals surface area contributed by atoms with Gasteiger partial charge >= 0.3 is 16.2 Å². The highest BCUT2D eigenvalue weighted by Crippen LogP contribution is 2.37. The molecule has 1 atom stereocenters. The molecule has 1 heterocycles. The van der Waals surface area contributed by atoms with Crippen LogP contribution in [-0.2, 0) is 26.5 Å². The largest absolute Gasteiger partial charge is 0.408 e. The van der Waals surface area contributed by atoms with Crippen LogP contribution in [0.2, 0.25) is 0 Å². The van der Waals surface area contributed by atoms with Crippen molar-refractivity contribution in [3.63, 3.8) is 0 Å². The van der Waals surface area contributed by atoms with Gasteiger partial charge in [0, 0.05) is 30.8 Å². The molecule has 3 rings (SSSR count). The van der Waals surface area contributed by atoms with Crippen molar-refractivity contribution in [1.29, 1.82) is 0 Å². The third-order valence-corrected chi connectivity index (χ3v) is 8.39. The average molecular weight is 531 g/mol. The Bertz CT molecular complexity index is 1340. The zero-order valence-electron chi connectivity index (χ0n) is 19.0. The van der Waals surface area contributed by atoms with Crippen molar-refractivity contribution in [1.82, 2.24) is 8.61 Å². The van der Waals surface area contributed by atoms with E-state index in [4.69, 9.17) is 5.73 Å². The molecule has 0 saturated heterocycles. The number of halogens is 3. The minimum Gasteiger partial charge on any atom is -0.326 e. The lowest BCUT2D eigenvalue weighted by molar-refractivity contribution is -0.106. The molecule has 190 valence electrons. The maximum atomic E-state index is 13.2. The topological polar surface area (TPSA) is 106 Å². The van der Waals surface area contributed by atoms with Gasteiger partial charge in [0.1, 0.15) is 12.7 Å². The lowest BCUT2D eigenvalue weighted by Crippen LogP contribution is -2.54. The minimum absolute atomic E-state index is 0.0205. The molecule has 0 aliphatic carbocycles. The van der Waals surface area contributed by atoms with E-state index in [-0.39, 0.29) is 25.3 Å². The Kier molecular flexibility index (Phi) is 7.92. The number of benzene rings is 2. The SMILES string of the molecule is CS(=O)(=O)NCCc1ccc(-c2cccc([N+]3(S(=O)(=O)CC(F)(F)F)C=C(CN)C=CC3)c2)cc1. The Morgan fingerprint density at radius 1 is 1.03 bits per heavy atom. The Morgan fingerprint density at radius 2 is 1.71 bits per heavy atom. The van der Waals surface area contributed by atoms with Crippen LogP contribution in [0.25, 0.3) is 11.1 Å². The maximum absolute atomic E-state index is 13.2. The number of alkyl halides is 3. The van der Waals surface area contributed by atoms with Gasteiger partial charge in [-0.25, -0.2) is 13.1 Å². The molecule has 2 aromatic rings. The summed E-state index contributed by atoms with van der Waals surface area (Å²) in [6.45, 7) is 0.0269. The van der Waals surface area contributed by atoms with Crippen molar-refractivity contribution >= 4 is 25.7 Å². The number of quaternary nitrogens is 1. The summed E-state index contributed by atoms with van der Waals surface area (Å²) < 4.78 is 89.7. The van der Waals surface area contributed by atoms with Gasteiger partial charge < -0.3 is 5.73 Å². The van der Waals surface area contributed by atoms with E-state index in [0.717, 1.165) is 17.4 Å². The second-order valence-corrected chi connectivity index (χ2v) is 12.2. The number of rotatable bonds is 9. The summed E-state index contributed by atoms with van der Waals surface area (Å²) in [7, 11) is -8.04. The summed E-state index contributed by atoms with van der Waals surface area (Å²) in [5, 5.41) is 0. The first-order valence-electron chi connectivity index (χ1n) is 10.6. The molecule has 35 heavy (non-hydrogen) atoms. The fourth-order valence-corrected chi connectivity index (χ4v) is 6.03. The van der Waals surface area contributed by atoms with E-state index >= 15 is 0 Å². The van der Waals surface area contributed by atoms with Crippen LogP contribution in [-0.4, -0.2) is 54.7 Å². The van der Waals surface area contributed by atoms with Gasteiger partial charge in [-0.1, -0.05) is 42.5 Å². The monoisotopic (exact) mass is 530 g/mol. The highest BCUT2D eigenvalue weighted by Gasteiger charge is 2.50. The molecule has 0 radical (unpaired) electrons. The van der Waals surface area contributed by atoms with Crippen LogP contribution in [0.3, 0.4) is 0 Å². The van der Waals surface area contributed by atoms with Gasteiger partial charge in [0.25, 0.3) is 0 Å². The van der Waals surface area contributed by atoms with Crippen molar-refractivity contribution < 1.29 is 30.0 Å². The van der Waals surface area contributed by atoms with Gasteiger partial charge in [-0.2, -0.15) is 25.5 Å². The van der Waals surface area contributed by atoms with Crippen LogP contribution in [0.5, 0.6) is 0 Å². The molecule has 1 unspecified atom stereocenters. The van der Waals surface area contributed by atoms with Crippen molar-refractivity contribution in [2.24, 2.45) is 5.73 Å². The Morgan fingerprint density at radius 3 is 2.31 bits per heavy atom. The van der Waals surface area contributed by atoms with Gasteiger partial charge in [0.05, 0.1) is 6.26 Å².